The van der Waals surface area contributed by atoms with Crippen LogP contribution in [0.15, 0.2) is 54.6 Å². The van der Waals surface area contributed by atoms with Gasteiger partial charge in [0.05, 0.1) is 0 Å². The smallest absolute Gasteiger partial charge is 0.220 e. The molecule has 1 amide bonds. The van der Waals surface area contributed by atoms with Gasteiger partial charge in [-0.3, -0.25) is 4.79 Å². The second kappa shape index (κ2) is 11.2. The lowest BCUT2D eigenvalue weighted by Crippen LogP contribution is -2.25. The topological polar surface area (TPSA) is 29.1 Å². The highest BCUT2D eigenvalue weighted by atomic mass is 32.2. The number of nitrogens with one attached hydrogen (secondary N) is 1. The lowest BCUT2D eigenvalue weighted by molar-refractivity contribution is -0.120. The lowest BCUT2D eigenvalue weighted by atomic mass is 10.2. The quantitative estimate of drug-likeness (QED) is 0.625. The van der Waals surface area contributed by atoms with Gasteiger partial charge in [0.25, 0.3) is 0 Å². The zero-order chi connectivity index (χ0) is 17.0. The zero-order valence-corrected chi connectivity index (χ0v) is 15.8. The summed E-state index contributed by atoms with van der Waals surface area (Å²) in [4.78, 5) is 11.8. The van der Waals surface area contributed by atoms with Crippen molar-refractivity contribution in [3.05, 3.63) is 71.3 Å². The maximum Gasteiger partial charge on any atom is 0.220 e. The number of amides is 1. The summed E-state index contributed by atoms with van der Waals surface area (Å²) in [5, 5.41) is 3.00. The second-order valence-electron chi connectivity index (χ2n) is 5.68. The lowest BCUT2D eigenvalue weighted by Gasteiger charge is -2.06. The molecule has 0 bridgehead atoms. The fourth-order valence-corrected chi connectivity index (χ4v) is 3.88. The molecule has 0 radical (unpaired) electrons. The zero-order valence-electron chi connectivity index (χ0n) is 14.2. The van der Waals surface area contributed by atoms with Crippen LogP contribution in [0.1, 0.15) is 23.1 Å². The number of benzene rings is 2. The van der Waals surface area contributed by atoms with Gasteiger partial charge in [-0.05, 0) is 18.1 Å². The molecule has 24 heavy (non-hydrogen) atoms. The molecule has 2 aromatic carbocycles. The van der Waals surface area contributed by atoms with Crippen LogP contribution in [-0.2, 0) is 16.3 Å². The van der Waals surface area contributed by atoms with E-state index in [-0.39, 0.29) is 5.91 Å². The van der Waals surface area contributed by atoms with Gasteiger partial charge in [-0.1, -0.05) is 60.2 Å². The summed E-state index contributed by atoms with van der Waals surface area (Å²) in [6, 6.07) is 19.0. The molecule has 0 aromatic heterocycles. The highest BCUT2D eigenvalue weighted by Crippen LogP contribution is 2.13. The molecule has 2 aromatic rings. The predicted molar refractivity (Wildman–Crippen MR) is 108 cm³/mol. The van der Waals surface area contributed by atoms with Gasteiger partial charge in [-0.25, -0.2) is 0 Å². The number of hydrogen-bond acceptors (Lipinski definition) is 3. The van der Waals surface area contributed by atoms with Crippen molar-refractivity contribution in [2.75, 3.05) is 18.1 Å². The molecule has 0 aliphatic rings. The van der Waals surface area contributed by atoms with Crippen molar-refractivity contribution >= 4 is 29.4 Å². The molecule has 0 aliphatic carbocycles. The van der Waals surface area contributed by atoms with E-state index >= 15 is 0 Å². The molecule has 0 aliphatic heterocycles. The Kier molecular flexibility index (Phi) is 8.85. The van der Waals surface area contributed by atoms with Crippen LogP contribution in [0.4, 0.5) is 0 Å². The van der Waals surface area contributed by atoms with Crippen molar-refractivity contribution in [2.45, 2.75) is 24.9 Å². The maximum atomic E-state index is 11.8. The fourth-order valence-electron chi connectivity index (χ4n) is 2.15. The largest absolute Gasteiger partial charge is 0.355 e. The molecule has 2 nitrogen and oxygen atoms in total. The highest BCUT2D eigenvalue weighted by Gasteiger charge is 2.01. The van der Waals surface area contributed by atoms with Crippen molar-refractivity contribution in [2.24, 2.45) is 0 Å². The summed E-state index contributed by atoms with van der Waals surface area (Å²) in [7, 11) is 0. The molecule has 0 fully saturated rings. The molecule has 0 saturated carbocycles. The molecule has 2 rings (SSSR count). The fraction of sp³-hybridized carbons (Fsp3) is 0.350. The van der Waals surface area contributed by atoms with E-state index in [1.165, 1.54) is 16.7 Å². The molecule has 0 heterocycles. The van der Waals surface area contributed by atoms with E-state index in [2.05, 4.69) is 60.8 Å². The number of carbonyl (C=O) groups excluding carboxylic acids is 1. The van der Waals surface area contributed by atoms with Crippen LogP contribution in [0.5, 0.6) is 0 Å². The van der Waals surface area contributed by atoms with Crippen LogP contribution in [0.25, 0.3) is 0 Å². The first-order valence-electron chi connectivity index (χ1n) is 8.26. The second-order valence-corrected chi connectivity index (χ2v) is 7.89. The first-order valence-corrected chi connectivity index (χ1v) is 10.6. The summed E-state index contributed by atoms with van der Waals surface area (Å²) in [5.41, 5.74) is 3.95. The van der Waals surface area contributed by atoms with Gasteiger partial charge in [0.1, 0.15) is 0 Å². The number of aryl methyl sites for hydroxylation is 1. The van der Waals surface area contributed by atoms with Gasteiger partial charge in [-0.2, -0.15) is 23.5 Å². The molecule has 0 atom stereocenters. The van der Waals surface area contributed by atoms with E-state index in [4.69, 9.17) is 0 Å². The summed E-state index contributed by atoms with van der Waals surface area (Å²) in [6.07, 6.45) is 0.597. The minimum Gasteiger partial charge on any atom is -0.355 e. The summed E-state index contributed by atoms with van der Waals surface area (Å²) >= 11 is 3.67. The minimum absolute atomic E-state index is 0.159. The van der Waals surface area contributed by atoms with Gasteiger partial charge in [-0.15, -0.1) is 0 Å². The van der Waals surface area contributed by atoms with Gasteiger partial charge >= 0.3 is 0 Å². The van der Waals surface area contributed by atoms with Gasteiger partial charge in [0.15, 0.2) is 0 Å². The SMILES string of the molecule is Cc1ccc(CSCCNC(=O)CCSCc2ccccc2)cc1. The number of carbonyl (C=O) groups is 1. The minimum atomic E-state index is 0.159. The molecule has 4 heteroatoms. The number of thioether (sulfide) groups is 2. The van der Waals surface area contributed by atoms with Crippen LogP contribution < -0.4 is 5.32 Å². The third-order valence-corrected chi connectivity index (χ3v) is 5.60. The Hall–Kier alpha value is -1.39. The van der Waals surface area contributed by atoms with Crippen molar-refractivity contribution in [1.82, 2.24) is 5.32 Å². The monoisotopic (exact) mass is 359 g/mol. The Morgan fingerprint density at radius 2 is 1.50 bits per heavy atom. The first-order chi connectivity index (χ1) is 11.7. The van der Waals surface area contributed by atoms with E-state index < -0.39 is 0 Å². The highest BCUT2D eigenvalue weighted by molar-refractivity contribution is 7.98. The van der Waals surface area contributed by atoms with E-state index in [9.17, 15) is 4.79 Å². The van der Waals surface area contributed by atoms with Crippen molar-refractivity contribution in [1.29, 1.82) is 0 Å². The average Bonchev–Trinajstić information content (AvgIpc) is 2.61. The van der Waals surface area contributed by atoms with Gasteiger partial charge < -0.3 is 5.32 Å². The molecule has 0 spiro atoms. The van der Waals surface area contributed by atoms with Crippen LogP contribution in [0.2, 0.25) is 0 Å². The Morgan fingerprint density at radius 3 is 2.21 bits per heavy atom. The third kappa shape index (κ3) is 7.93. The van der Waals surface area contributed by atoms with Crippen LogP contribution >= 0.6 is 23.5 Å². The van der Waals surface area contributed by atoms with E-state index in [0.717, 1.165) is 29.6 Å². The maximum absolute atomic E-state index is 11.8. The molecule has 128 valence electrons. The van der Waals surface area contributed by atoms with Crippen LogP contribution in [-0.4, -0.2) is 24.0 Å². The molecule has 1 N–H and O–H groups in total. The average molecular weight is 360 g/mol. The van der Waals surface area contributed by atoms with Crippen molar-refractivity contribution in [3.63, 3.8) is 0 Å². The summed E-state index contributed by atoms with van der Waals surface area (Å²) in [6.45, 7) is 2.85. The predicted octanol–water partition coefficient (Wildman–Crippen LogP) is 4.67. The Bertz CT molecular complexity index is 599. The van der Waals surface area contributed by atoms with E-state index in [1.54, 1.807) is 0 Å². The van der Waals surface area contributed by atoms with E-state index in [1.807, 2.05) is 29.6 Å². The van der Waals surface area contributed by atoms with Crippen LogP contribution in [0, 0.1) is 6.92 Å². The van der Waals surface area contributed by atoms with Gasteiger partial charge in [0, 0.05) is 36.0 Å². The Balaban J connectivity index is 1.47. The van der Waals surface area contributed by atoms with Crippen molar-refractivity contribution in [3.8, 4) is 0 Å². The number of hydrogen-bond donors (Lipinski definition) is 1. The molecule has 0 unspecified atom stereocenters. The number of rotatable bonds is 10. The normalized spacial score (nSPS) is 10.5. The summed E-state index contributed by atoms with van der Waals surface area (Å²) < 4.78 is 0. The molecule has 0 saturated heterocycles. The summed E-state index contributed by atoms with van der Waals surface area (Å²) in [5.74, 6) is 3.96. The first kappa shape index (κ1) is 18.9. The van der Waals surface area contributed by atoms with Crippen molar-refractivity contribution < 1.29 is 4.79 Å². The van der Waals surface area contributed by atoms with E-state index in [0.29, 0.717) is 6.42 Å². The van der Waals surface area contributed by atoms with Gasteiger partial charge in [0.2, 0.25) is 5.91 Å². The molecular formula is C20H25NOS2. The molecular weight excluding hydrogens is 334 g/mol. The third-order valence-electron chi connectivity index (χ3n) is 3.54. The standard InChI is InChI=1S/C20H25NOS2/c1-17-7-9-19(10-8-17)16-24-14-12-21-20(22)11-13-23-15-18-5-3-2-4-6-18/h2-10H,11-16H2,1H3,(H,21,22). The van der Waals surface area contributed by atoms with Crippen LogP contribution in [0.3, 0.4) is 0 Å². The Morgan fingerprint density at radius 1 is 0.875 bits per heavy atom. The Labute approximate surface area is 153 Å².